The molecular weight excluding hydrogens is 571 g/mol. The Morgan fingerprint density at radius 1 is 0.971 bits per heavy atom. The van der Waals surface area contributed by atoms with Crippen molar-refractivity contribution in [2.75, 3.05) is 17.3 Å². The van der Waals surface area contributed by atoms with Gasteiger partial charge in [0.25, 0.3) is 11.8 Å². The molecule has 0 unspecified atom stereocenters. The van der Waals surface area contributed by atoms with Crippen LogP contribution in [0.4, 0.5) is 11.4 Å². The Hall–Kier alpha value is -3.37. The first kappa shape index (κ1) is 23.8. The predicted octanol–water partition coefficient (Wildman–Crippen LogP) is 5.26. The van der Waals surface area contributed by atoms with Crippen molar-refractivity contribution < 1.29 is 23.9 Å². The van der Waals surface area contributed by atoms with E-state index < -0.39 is 17.8 Å². The highest BCUT2D eigenvalue weighted by Gasteiger charge is 2.39. The summed E-state index contributed by atoms with van der Waals surface area (Å²) in [7, 11) is 1.49. The van der Waals surface area contributed by atoms with Crippen LogP contribution in [0.15, 0.2) is 77.5 Å². The highest BCUT2D eigenvalue weighted by Crippen LogP contribution is 2.33. The number of amides is 2. The molecule has 0 aliphatic carbocycles. The zero-order chi connectivity index (χ0) is 24.4. The van der Waals surface area contributed by atoms with Crippen LogP contribution in [0.2, 0.25) is 0 Å². The molecule has 0 fully saturated rings. The number of nitrogens with zero attached hydrogens (tertiary/aromatic N) is 1. The van der Waals surface area contributed by atoms with Crippen molar-refractivity contribution in [3.8, 4) is 11.5 Å². The van der Waals surface area contributed by atoms with Crippen LogP contribution in [0, 0.1) is 10.5 Å². The summed E-state index contributed by atoms with van der Waals surface area (Å²) in [4.78, 5) is 39.3. The summed E-state index contributed by atoms with van der Waals surface area (Å²) < 4.78 is 11.6. The number of carbonyl (C=O) groups is 3. The van der Waals surface area contributed by atoms with Gasteiger partial charge in [0.2, 0.25) is 0 Å². The molecule has 1 aliphatic rings. The summed E-state index contributed by atoms with van der Waals surface area (Å²) in [6, 6.07) is 18.5. The number of esters is 1. The number of benzene rings is 3. The van der Waals surface area contributed by atoms with E-state index in [0.29, 0.717) is 28.4 Å². The smallest absolute Gasteiger partial charge is 0.343 e. The maximum absolute atomic E-state index is 13.0. The quantitative estimate of drug-likeness (QED) is 0.183. The van der Waals surface area contributed by atoms with Gasteiger partial charge in [-0.25, -0.2) is 9.69 Å². The average molecular weight is 589 g/mol. The number of halogens is 2. The highest BCUT2D eigenvalue weighted by molar-refractivity contribution is 14.1. The van der Waals surface area contributed by atoms with Crippen molar-refractivity contribution in [3.05, 3.63) is 92.2 Å². The molecule has 172 valence electrons. The van der Waals surface area contributed by atoms with E-state index >= 15 is 0 Å². The van der Waals surface area contributed by atoms with E-state index in [4.69, 9.17) is 21.1 Å². The molecule has 3 aromatic carbocycles. The van der Waals surface area contributed by atoms with Gasteiger partial charge in [-0.2, -0.15) is 0 Å². The van der Waals surface area contributed by atoms with Crippen LogP contribution in [-0.4, -0.2) is 24.9 Å². The number of methoxy groups -OCH3 is 1. The summed E-state index contributed by atoms with van der Waals surface area (Å²) >= 11 is 8.38. The van der Waals surface area contributed by atoms with Crippen LogP contribution in [0.25, 0.3) is 0 Å². The van der Waals surface area contributed by atoms with E-state index in [0.717, 1.165) is 14.0 Å². The van der Waals surface area contributed by atoms with Gasteiger partial charge in [0, 0.05) is 9.26 Å². The van der Waals surface area contributed by atoms with Gasteiger partial charge in [-0.3, -0.25) is 9.59 Å². The Labute approximate surface area is 214 Å². The van der Waals surface area contributed by atoms with Gasteiger partial charge in [-0.15, -0.1) is 0 Å². The van der Waals surface area contributed by atoms with Crippen molar-refractivity contribution in [1.29, 1.82) is 0 Å². The lowest BCUT2D eigenvalue weighted by Gasteiger charge is -2.17. The minimum atomic E-state index is -0.601. The van der Waals surface area contributed by atoms with Gasteiger partial charge in [0.05, 0.1) is 18.4 Å². The Kier molecular flexibility index (Phi) is 6.90. The fourth-order valence-electron chi connectivity index (χ4n) is 3.40. The van der Waals surface area contributed by atoms with E-state index in [2.05, 4.69) is 27.9 Å². The number of ether oxygens (including phenoxy) is 2. The van der Waals surface area contributed by atoms with Crippen molar-refractivity contribution in [1.82, 2.24) is 0 Å². The summed E-state index contributed by atoms with van der Waals surface area (Å²) in [6.07, 6.45) is 0. The molecular formula is C25H18ClIN2O5. The fraction of sp³-hybridized carbons (Fsp3) is 0.0800. The van der Waals surface area contributed by atoms with Gasteiger partial charge in [-0.05, 0) is 89.7 Å². The molecule has 4 rings (SSSR count). The number of hydrogen-bond acceptors (Lipinski definition) is 6. The molecule has 0 saturated heterocycles. The Balaban J connectivity index is 1.50. The molecule has 0 bridgehead atoms. The minimum absolute atomic E-state index is 0.0334. The van der Waals surface area contributed by atoms with Crippen LogP contribution in [-0.2, 0) is 9.59 Å². The molecule has 9 heteroatoms. The fourth-order valence-corrected chi connectivity index (χ4v) is 4.26. The number of anilines is 2. The van der Waals surface area contributed by atoms with Gasteiger partial charge < -0.3 is 14.8 Å². The zero-order valence-corrected chi connectivity index (χ0v) is 21.0. The standard InChI is InChI=1S/C25H18ClIN2O5/c1-14-13-16(27)9-12-18(14)29-23(30)21(26)22(24(29)31)28-17-10-7-15(8-11-17)25(32)34-20-6-4-3-5-19(20)33-2/h3-13,28H,1-2H3. The van der Waals surface area contributed by atoms with Gasteiger partial charge >= 0.3 is 5.97 Å². The molecule has 0 spiro atoms. The van der Waals surface area contributed by atoms with Gasteiger partial charge in [0.15, 0.2) is 11.5 Å². The number of hydrogen-bond donors (Lipinski definition) is 1. The largest absolute Gasteiger partial charge is 0.493 e. The summed E-state index contributed by atoms with van der Waals surface area (Å²) in [6.45, 7) is 1.82. The molecule has 0 atom stereocenters. The number of nitrogens with one attached hydrogen (secondary N) is 1. The van der Waals surface area contributed by atoms with Crippen LogP contribution in [0.5, 0.6) is 11.5 Å². The average Bonchev–Trinajstić information content (AvgIpc) is 3.03. The first-order chi connectivity index (χ1) is 16.3. The summed E-state index contributed by atoms with van der Waals surface area (Å²) in [5, 5.41) is 2.69. The lowest BCUT2D eigenvalue weighted by atomic mass is 10.2. The molecule has 1 heterocycles. The van der Waals surface area contributed by atoms with Crippen LogP contribution in [0.1, 0.15) is 15.9 Å². The van der Waals surface area contributed by atoms with Gasteiger partial charge in [-0.1, -0.05) is 23.7 Å². The van der Waals surface area contributed by atoms with E-state index in [1.54, 1.807) is 42.5 Å². The maximum Gasteiger partial charge on any atom is 0.343 e. The Morgan fingerprint density at radius 2 is 1.65 bits per heavy atom. The zero-order valence-electron chi connectivity index (χ0n) is 18.1. The van der Waals surface area contributed by atoms with Crippen molar-refractivity contribution in [2.45, 2.75) is 6.92 Å². The Morgan fingerprint density at radius 3 is 2.29 bits per heavy atom. The topological polar surface area (TPSA) is 84.9 Å². The Bertz CT molecular complexity index is 1340. The molecule has 1 aliphatic heterocycles. The molecule has 0 radical (unpaired) electrons. The molecule has 0 aromatic heterocycles. The SMILES string of the molecule is COc1ccccc1OC(=O)c1ccc(NC2=C(Cl)C(=O)N(c3ccc(I)cc3C)C2=O)cc1. The number of rotatable bonds is 6. The molecule has 3 aromatic rings. The van der Waals surface area contributed by atoms with Gasteiger partial charge in [0.1, 0.15) is 10.7 Å². The van der Waals surface area contributed by atoms with E-state index in [1.165, 1.54) is 19.2 Å². The second-order valence-corrected chi connectivity index (χ2v) is 8.93. The van der Waals surface area contributed by atoms with E-state index in [-0.39, 0.29) is 10.7 Å². The van der Waals surface area contributed by atoms with Crippen molar-refractivity contribution in [2.24, 2.45) is 0 Å². The maximum atomic E-state index is 13.0. The first-order valence-corrected chi connectivity index (χ1v) is 11.5. The third kappa shape index (κ3) is 4.64. The third-order valence-corrected chi connectivity index (χ3v) is 6.11. The highest BCUT2D eigenvalue weighted by atomic mass is 127. The molecule has 0 saturated carbocycles. The van der Waals surface area contributed by atoms with Crippen molar-refractivity contribution in [3.63, 3.8) is 0 Å². The lowest BCUT2D eigenvalue weighted by molar-refractivity contribution is -0.120. The van der Waals surface area contributed by atoms with E-state index in [1.807, 2.05) is 19.1 Å². The second-order valence-electron chi connectivity index (χ2n) is 7.31. The first-order valence-electron chi connectivity index (χ1n) is 10.1. The second kappa shape index (κ2) is 9.86. The number of carbonyl (C=O) groups excluding carboxylic acids is 3. The number of imide groups is 1. The summed E-state index contributed by atoms with van der Waals surface area (Å²) in [5.74, 6) is -0.988. The third-order valence-electron chi connectivity index (χ3n) is 5.09. The molecule has 1 N–H and O–H groups in total. The molecule has 2 amide bonds. The molecule has 7 nitrogen and oxygen atoms in total. The van der Waals surface area contributed by atoms with E-state index in [9.17, 15) is 14.4 Å². The summed E-state index contributed by atoms with van der Waals surface area (Å²) in [5.41, 5.74) is 1.98. The predicted molar refractivity (Wildman–Crippen MR) is 137 cm³/mol. The number of para-hydroxylation sites is 2. The van der Waals surface area contributed by atoms with Crippen LogP contribution < -0.4 is 19.7 Å². The molecule has 34 heavy (non-hydrogen) atoms. The number of aryl methyl sites for hydroxylation is 1. The minimum Gasteiger partial charge on any atom is -0.493 e. The normalized spacial score (nSPS) is 13.4. The van der Waals surface area contributed by atoms with Crippen LogP contribution >= 0.6 is 34.2 Å². The van der Waals surface area contributed by atoms with Crippen molar-refractivity contribution >= 4 is 63.4 Å². The lowest BCUT2D eigenvalue weighted by Crippen LogP contribution is -2.32. The monoisotopic (exact) mass is 588 g/mol. The van der Waals surface area contributed by atoms with Crippen LogP contribution in [0.3, 0.4) is 0 Å².